The number of ether oxygens (including phenoxy) is 1. The van der Waals surface area contributed by atoms with Crippen LogP contribution in [0, 0.1) is 0 Å². The van der Waals surface area contributed by atoms with Crippen molar-refractivity contribution in [3.63, 3.8) is 0 Å². The molecule has 0 N–H and O–H groups in total. The molecule has 5 nitrogen and oxygen atoms in total. The van der Waals surface area contributed by atoms with Crippen LogP contribution in [0.2, 0.25) is 0 Å². The van der Waals surface area contributed by atoms with Gasteiger partial charge in [0.15, 0.2) is 0 Å². The van der Waals surface area contributed by atoms with Crippen LogP contribution in [0.5, 0.6) is 0 Å². The molecule has 3 heterocycles. The third-order valence-corrected chi connectivity index (χ3v) is 5.07. The van der Waals surface area contributed by atoms with Gasteiger partial charge in [0.25, 0.3) is 0 Å². The number of rotatable bonds is 6. The van der Waals surface area contributed by atoms with Gasteiger partial charge < -0.3 is 14.0 Å². The van der Waals surface area contributed by atoms with Gasteiger partial charge in [0.1, 0.15) is 5.65 Å². The zero-order valence-corrected chi connectivity index (χ0v) is 15.5. The van der Waals surface area contributed by atoms with Crippen LogP contribution in [-0.4, -0.2) is 39.4 Å². The number of hydrogen-bond donors (Lipinski definition) is 0. The van der Waals surface area contributed by atoms with Crippen molar-refractivity contribution in [3.8, 4) is 0 Å². The highest BCUT2D eigenvalue weighted by atomic mass is 16.5. The predicted octanol–water partition coefficient (Wildman–Crippen LogP) is 3.47. The van der Waals surface area contributed by atoms with Gasteiger partial charge in [-0.15, -0.1) is 0 Å². The molecule has 1 amide bonds. The highest BCUT2D eigenvalue weighted by molar-refractivity contribution is 5.76. The van der Waals surface area contributed by atoms with Crippen LogP contribution in [0.15, 0.2) is 60.9 Å². The fraction of sp³-hybridized carbons (Fsp3) is 0.364. The molecule has 2 aromatic heterocycles. The van der Waals surface area contributed by atoms with Gasteiger partial charge in [-0.05, 0) is 37.0 Å². The van der Waals surface area contributed by atoms with Crippen LogP contribution in [0.4, 0.5) is 0 Å². The van der Waals surface area contributed by atoms with Crippen molar-refractivity contribution in [2.45, 2.75) is 38.4 Å². The fourth-order valence-electron chi connectivity index (χ4n) is 3.59. The summed E-state index contributed by atoms with van der Waals surface area (Å²) < 4.78 is 8.04. The molecule has 1 aromatic carbocycles. The minimum absolute atomic E-state index is 0.123. The molecule has 3 aromatic rings. The first kappa shape index (κ1) is 17.7. The summed E-state index contributed by atoms with van der Waals surface area (Å²) in [5.74, 6) is 0.195. The lowest BCUT2D eigenvalue weighted by molar-refractivity contribution is -0.135. The second-order valence-electron chi connectivity index (χ2n) is 7.10. The van der Waals surface area contributed by atoms with Crippen LogP contribution in [0.3, 0.4) is 0 Å². The van der Waals surface area contributed by atoms with Crippen molar-refractivity contribution in [3.05, 3.63) is 72.2 Å². The summed E-state index contributed by atoms with van der Waals surface area (Å²) in [4.78, 5) is 19.2. The molecular formula is C22H25N3O2. The fourth-order valence-corrected chi connectivity index (χ4v) is 3.59. The largest absolute Gasteiger partial charge is 0.372 e. The number of likely N-dealkylation sites (tertiary alicyclic amines) is 1. The smallest absolute Gasteiger partial charge is 0.223 e. The summed E-state index contributed by atoms with van der Waals surface area (Å²) in [6.45, 7) is 2.13. The SMILES string of the molecule is O=C(CCc1cn2ccccc2n1)N1CCC[C@H](OCc2ccccc2)C1. The van der Waals surface area contributed by atoms with Crippen molar-refractivity contribution in [1.82, 2.24) is 14.3 Å². The van der Waals surface area contributed by atoms with Crippen molar-refractivity contribution in [2.75, 3.05) is 13.1 Å². The van der Waals surface area contributed by atoms with E-state index in [1.54, 1.807) is 0 Å². The maximum atomic E-state index is 12.6. The highest BCUT2D eigenvalue weighted by Crippen LogP contribution is 2.17. The maximum Gasteiger partial charge on any atom is 0.223 e. The predicted molar refractivity (Wildman–Crippen MR) is 104 cm³/mol. The lowest BCUT2D eigenvalue weighted by atomic mass is 10.1. The van der Waals surface area contributed by atoms with E-state index in [9.17, 15) is 4.79 Å². The third-order valence-electron chi connectivity index (χ3n) is 5.07. The Bertz CT molecular complexity index is 858. The molecular weight excluding hydrogens is 338 g/mol. The van der Waals surface area contributed by atoms with Gasteiger partial charge in [-0.3, -0.25) is 4.79 Å². The van der Waals surface area contributed by atoms with Crippen molar-refractivity contribution < 1.29 is 9.53 Å². The van der Waals surface area contributed by atoms with E-state index in [1.165, 1.54) is 5.56 Å². The first-order valence-corrected chi connectivity index (χ1v) is 9.64. The zero-order chi connectivity index (χ0) is 18.5. The number of nitrogens with zero attached hydrogens (tertiary/aromatic N) is 3. The lowest BCUT2D eigenvalue weighted by Gasteiger charge is -2.32. The number of piperidine rings is 1. The molecule has 5 heteroatoms. The van der Waals surface area contributed by atoms with Crippen LogP contribution >= 0.6 is 0 Å². The Morgan fingerprint density at radius 1 is 1.15 bits per heavy atom. The Hall–Kier alpha value is -2.66. The minimum atomic E-state index is 0.123. The van der Waals surface area contributed by atoms with Gasteiger partial charge in [-0.1, -0.05) is 36.4 Å². The normalized spacial score (nSPS) is 17.3. The van der Waals surface area contributed by atoms with E-state index in [0.717, 1.165) is 30.7 Å². The van der Waals surface area contributed by atoms with Crippen molar-refractivity contribution in [1.29, 1.82) is 0 Å². The van der Waals surface area contributed by atoms with Gasteiger partial charge in [0, 0.05) is 31.9 Å². The molecule has 1 atom stereocenters. The number of aryl methyl sites for hydroxylation is 1. The monoisotopic (exact) mass is 363 g/mol. The molecule has 0 bridgehead atoms. The number of hydrogen-bond acceptors (Lipinski definition) is 3. The zero-order valence-electron chi connectivity index (χ0n) is 15.5. The van der Waals surface area contributed by atoms with Gasteiger partial charge >= 0.3 is 0 Å². The second-order valence-corrected chi connectivity index (χ2v) is 7.10. The second kappa shape index (κ2) is 8.35. The number of amides is 1. The van der Waals surface area contributed by atoms with Crippen LogP contribution < -0.4 is 0 Å². The molecule has 0 unspecified atom stereocenters. The molecule has 1 aliphatic rings. The van der Waals surface area contributed by atoms with Crippen molar-refractivity contribution in [2.24, 2.45) is 0 Å². The van der Waals surface area contributed by atoms with Crippen molar-refractivity contribution >= 4 is 11.6 Å². The topological polar surface area (TPSA) is 46.8 Å². The Kier molecular flexibility index (Phi) is 5.49. The van der Waals surface area contributed by atoms with Gasteiger partial charge in [-0.2, -0.15) is 0 Å². The van der Waals surface area contributed by atoms with E-state index < -0.39 is 0 Å². The number of pyridine rings is 1. The molecule has 0 aliphatic carbocycles. The third kappa shape index (κ3) is 4.55. The molecule has 0 saturated carbocycles. The quantitative estimate of drug-likeness (QED) is 0.674. The van der Waals surface area contributed by atoms with E-state index in [2.05, 4.69) is 17.1 Å². The first-order valence-electron chi connectivity index (χ1n) is 9.64. The Labute approximate surface area is 159 Å². The van der Waals surface area contributed by atoms with Crippen LogP contribution in [0.25, 0.3) is 5.65 Å². The number of carbonyl (C=O) groups is 1. The Morgan fingerprint density at radius 2 is 2.00 bits per heavy atom. The summed E-state index contributed by atoms with van der Waals surface area (Å²) in [5.41, 5.74) is 3.06. The van der Waals surface area contributed by atoms with Crippen LogP contribution in [0.1, 0.15) is 30.5 Å². The van der Waals surface area contributed by atoms with E-state index in [0.29, 0.717) is 26.0 Å². The van der Waals surface area contributed by atoms with E-state index in [4.69, 9.17) is 4.74 Å². The molecule has 4 rings (SSSR count). The summed E-state index contributed by atoms with van der Waals surface area (Å²) in [5, 5.41) is 0. The molecule has 0 radical (unpaired) electrons. The number of imidazole rings is 1. The summed E-state index contributed by atoms with van der Waals surface area (Å²) in [7, 11) is 0. The standard InChI is InChI=1S/C22H25N3O2/c26-22(12-11-19-15-24-13-5-4-10-21(24)23-19)25-14-6-9-20(16-25)27-17-18-7-2-1-3-8-18/h1-5,7-8,10,13,15,20H,6,9,11-12,14,16-17H2/t20-/m0/s1. The van der Waals surface area contributed by atoms with Gasteiger partial charge in [-0.25, -0.2) is 4.98 Å². The molecule has 1 aliphatic heterocycles. The van der Waals surface area contributed by atoms with Crippen LogP contribution in [-0.2, 0) is 22.6 Å². The maximum absolute atomic E-state index is 12.6. The van der Waals surface area contributed by atoms with Gasteiger partial charge in [0.05, 0.1) is 18.4 Å². The molecule has 1 fully saturated rings. The summed E-state index contributed by atoms with van der Waals surface area (Å²) >= 11 is 0. The first-order chi connectivity index (χ1) is 13.3. The average Bonchev–Trinajstić information content (AvgIpc) is 3.14. The van der Waals surface area contributed by atoms with E-state index in [1.807, 2.05) is 58.1 Å². The highest BCUT2D eigenvalue weighted by Gasteiger charge is 2.24. The molecule has 27 heavy (non-hydrogen) atoms. The summed E-state index contributed by atoms with van der Waals surface area (Å²) in [6.07, 6.45) is 7.29. The van der Waals surface area contributed by atoms with E-state index in [-0.39, 0.29) is 12.0 Å². The lowest BCUT2D eigenvalue weighted by Crippen LogP contribution is -2.43. The number of carbonyl (C=O) groups excluding carboxylic acids is 1. The van der Waals surface area contributed by atoms with E-state index >= 15 is 0 Å². The molecule has 0 spiro atoms. The number of fused-ring (bicyclic) bond motifs is 1. The molecule has 1 saturated heterocycles. The van der Waals surface area contributed by atoms with Gasteiger partial charge in [0.2, 0.25) is 5.91 Å². The number of benzene rings is 1. The Balaban J connectivity index is 1.27. The Morgan fingerprint density at radius 3 is 2.85 bits per heavy atom. The summed E-state index contributed by atoms with van der Waals surface area (Å²) in [6, 6.07) is 16.1. The minimum Gasteiger partial charge on any atom is -0.372 e. The number of aromatic nitrogens is 2. The molecule has 140 valence electrons. The average molecular weight is 363 g/mol.